The van der Waals surface area contributed by atoms with Crippen molar-refractivity contribution in [3.63, 3.8) is 0 Å². The van der Waals surface area contributed by atoms with E-state index in [1.54, 1.807) is 18.2 Å². The van der Waals surface area contributed by atoms with Crippen molar-refractivity contribution >= 4 is 21.6 Å². The van der Waals surface area contributed by atoms with Gasteiger partial charge >= 0.3 is 0 Å². The molecule has 0 aliphatic carbocycles. The molecule has 1 N–H and O–H groups in total. The Morgan fingerprint density at radius 1 is 0.906 bits per heavy atom. The fourth-order valence-electron chi connectivity index (χ4n) is 3.45. The molecule has 168 valence electrons. The highest BCUT2D eigenvalue weighted by Crippen LogP contribution is 2.25. The number of sulfonamides is 1. The third-order valence-electron chi connectivity index (χ3n) is 4.98. The van der Waals surface area contributed by atoms with Crippen LogP contribution in [0, 0.1) is 11.7 Å². The van der Waals surface area contributed by atoms with E-state index in [0.29, 0.717) is 12.3 Å². The molecule has 0 aromatic heterocycles. The summed E-state index contributed by atoms with van der Waals surface area (Å²) in [6.07, 6.45) is 0.706. The molecule has 0 unspecified atom stereocenters. The van der Waals surface area contributed by atoms with Crippen molar-refractivity contribution in [2.75, 3.05) is 10.8 Å². The Bertz CT molecular complexity index is 1120. The van der Waals surface area contributed by atoms with E-state index < -0.39 is 28.3 Å². The Kier molecular flexibility index (Phi) is 7.64. The van der Waals surface area contributed by atoms with Gasteiger partial charge in [-0.3, -0.25) is 9.10 Å². The molecule has 1 atom stereocenters. The maximum Gasteiger partial charge on any atom is 0.264 e. The fraction of sp³-hybridized carbons (Fsp3) is 0.240. The molecule has 3 rings (SSSR count). The van der Waals surface area contributed by atoms with Crippen LogP contribution in [-0.4, -0.2) is 20.9 Å². The maximum atomic E-state index is 13.5. The molecule has 1 amide bonds. The Morgan fingerprint density at radius 3 is 2.03 bits per heavy atom. The largest absolute Gasteiger partial charge is 0.348 e. The van der Waals surface area contributed by atoms with Crippen LogP contribution < -0.4 is 9.62 Å². The van der Waals surface area contributed by atoms with Gasteiger partial charge in [0.05, 0.1) is 16.6 Å². The van der Waals surface area contributed by atoms with Crippen LogP contribution in [-0.2, 0) is 14.8 Å². The number of nitrogens with one attached hydrogen (secondary N) is 1. The molecule has 7 heteroatoms. The summed E-state index contributed by atoms with van der Waals surface area (Å²) in [4.78, 5) is 13.1. The van der Waals surface area contributed by atoms with Crippen LogP contribution in [0.2, 0.25) is 0 Å². The van der Waals surface area contributed by atoms with Crippen LogP contribution >= 0.6 is 0 Å². The maximum absolute atomic E-state index is 13.5. The average Bonchev–Trinajstić information content (AvgIpc) is 2.78. The number of hydrogen-bond donors (Lipinski definition) is 1. The van der Waals surface area contributed by atoms with Crippen LogP contribution in [0.4, 0.5) is 10.1 Å². The van der Waals surface area contributed by atoms with Gasteiger partial charge in [0.15, 0.2) is 0 Å². The third kappa shape index (κ3) is 5.95. The number of anilines is 1. The van der Waals surface area contributed by atoms with Crippen molar-refractivity contribution in [3.8, 4) is 0 Å². The molecule has 0 aliphatic rings. The smallest absolute Gasteiger partial charge is 0.264 e. The van der Waals surface area contributed by atoms with E-state index in [9.17, 15) is 17.6 Å². The van der Waals surface area contributed by atoms with Gasteiger partial charge < -0.3 is 5.32 Å². The highest BCUT2D eigenvalue weighted by molar-refractivity contribution is 7.92. The minimum Gasteiger partial charge on any atom is -0.348 e. The van der Waals surface area contributed by atoms with Crippen molar-refractivity contribution in [1.29, 1.82) is 0 Å². The molecule has 0 fully saturated rings. The number of carbonyl (C=O) groups is 1. The zero-order valence-corrected chi connectivity index (χ0v) is 18.9. The lowest BCUT2D eigenvalue weighted by Gasteiger charge is -2.26. The summed E-state index contributed by atoms with van der Waals surface area (Å²) in [5.41, 5.74) is 1.17. The van der Waals surface area contributed by atoms with E-state index in [-0.39, 0.29) is 16.6 Å². The first-order valence-corrected chi connectivity index (χ1v) is 11.9. The van der Waals surface area contributed by atoms with Crippen molar-refractivity contribution < 1.29 is 17.6 Å². The lowest BCUT2D eigenvalue weighted by atomic mass is 9.97. The Labute approximate surface area is 188 Å². The monoisotopic (exact) mass is 454 g/mol. The Hall–Kier alpha value is -3.19. The average molecular weight is 455 g/mol. The van der Waals surface area contributed by atoms with E-state index in [2.05, 4.69) is 19.2 Å². The van der Waals surface area contributed by atoms with E-state index in [1.165, 1.54) is 36.4 Å². The Morgan fingerprint density at radius 2 is 1.47 bits per heavy atom. The molecule has 0 saturated heterocycles. The van der Waals surface area contributed by atoms with Crippen LogP contribution in [0.5, 0.6) is 0 Å². The Balaban J connectivity index is 1.90. The highest BCUT2D eigenvalue weighted by atomic mass is 32.2. The van der Waals surface area contributed by atoms with Gasteiger partial charge in [-0.05, 0) is 54.3 Å². The van der Waals surface area contributed by atoms with Gasteiger partial charge in [0.1, 0.15) is 12.4 Å². The quantitative estimate of drug-likeness (QED) is 0.499. The van der Waals surface area contributed by atoms with Crippen LogP contribution in [0.25, 0.3) is 0 Å². The van der Waals surface area contributed by atoms with Gasteiger partial charge in [-0.25, -0.2) is 12.8 Å². The summed E-state index contributed by atoms with van der Waals surface area (Å²) >= 11 is 0. The van der Waals surface area contributed by atoms with E-state index in [4.69, 9.17) is 0 Å². The molecule has 3 aromatic carbocycles. The van der Waals surface area contributed by atoms with Crippen molar-refractivity contribution in [3.05, 3.63) is 96.3 Å². The molecule has 0 saturated carbocycles. The molecule has 0 bridgehead atoms. The summed E-state index contributed by atoms with van der Waals surface area (Å²) in [5, 5.41) is 2.98. The standard InChI is InChI=1S/C25H27FN2O3S/c1-19(2)17-24(20-9-5-3-6-10-20)27-25(29)18-28(22-15-13-21(26)14-16-22)32(30,31)23-11-7-4-8-12-23/h3-16,19,24H,17-18H2,1-2H3,(H,27,29)/t24-/m1/s1. The number of rotatable bonds is 9. The summed E-state index contributed by atoms with van der Waals surface area (Å²) in [7, 11) is -4.04. The molecule has 32 heavy (non-hydrogen) atoms. The molecular formula is C25H27FN2O3S. The van der Waals surface area contributed by atoms with Gasteiger partial charge in [0.2, 0.25) is 5.91 Å². The van der Waals surface area contributed by atoms with Crippen LogP contribution in [0.15, 0.2) is 89.8 Å². The van der Waals surface area contributed by atoms with E-state index >= 15 is 0 Å². The molecular weight excluding hydrogens is 427 g/mol. The minimum atomic E-state index is -4.04. The molecule has 0 spiro atoms. The van der Waals surface area contributed by atoms with Gasteiger partial charge in [-0.1, -0.05) is 62.4 Å². The van der Waals surface area contributed by atoms with Crippen molar-refractivity contribution in [2.45, 2.75) is 31.2 Å². The van der Waals surface area contributed by atoms with E-state index in [1.807, 2.05) is 30.3 Å². The van der Waals surface area contributed by atoms with Crippen LogP contribution in [0.1, 0.15) is 31.9 Å². The number of nitrogens with zero attached hydrogens (tertiary/aromatic N) is 1. The minimum absolute atomic E-state index is 0.0546. The lowest BCUT2D eigenvalue weighted by Crippen LogP contribution is -2.42. The first kappa shape index (κ1) is 23.5. The predicted octanol–water partition coefficient (Wildman–Crippen LogP) is 4.92. The molecule has 0 radical (unpaired) electrons. The topological polar surface area (TPSA) is 66.5 Å². The number of carbonyl (C=O) groups excluding carboxylic acids is 1. The summed E-state index contributed by atoms with van der Waals surface area (Å²) in [5.74, 6) is -0.610. The zero-order chi connectivity index (χ0) is 23.1. The normalized spacial score (nSPS) is 12.4. The zero-order valence-electron chi connectivity index (χ0n) is 18.1. The van der Waals surface area contributed by atoms with E-state index in [0.717, 1.165) is 9.87 Å². The number of benzene rings is 3. The second kappa shape index (κ2) is 10.4. The second-order valence-corrected chi connectivity index (χ2v) is 9.82. The number of amides is 1. The predicted molar refractivity (Wildman–Crippen MR) is 124 cm³/mol. The summed E-state index contributed by atoms with van der Waals surface area (Å²) in [6.45, 7) is 3.70. The van der Waals surface area contributed by atoms with Crippen molar-refractivity contribution in [2.24, 2.45) is 5.92 Å². The molecule has 3 aromatic rings. The lowest BCUT2D eigenvalue weighted by molar-refractivity contribution is -0.120. The summed E-state index contributed by atoms with van der Waals surface area (Å²) < 4.78 is 41.2. The van der Waals surface area contributed by atoms with Crippen molar-refractivity contribution in [1.82, 2.24) is 5.32 Å². The van der Waals surface area contributed by atoms with Gasteiger partial charge in [-0.15, -0.1) is 0 Å². The van der Waals surface area contributed by atoms with Crippen LogP contribution in [0.3, 0.4) is 0 Å². The fourth-order valence-corrected chi connectivity index (χ4v) is 4.89. The highest BCUT2D eigenvalue weighted by Gasteiger charge is 2.28. The SMILES string of the molecule is CC(C)C[C@@H](NC(=O)CN(c1ccc(F)cc1)S(=O)(=O)c1ccccc1)c1ccccc1. The number of hydrogen-bond acceptors (Lipinski definition) is 3. The van der Waals surface area contributed by atoms with Gasteiger partial charge in [0, 0.05) is 0 Å². The molecule has 0 aliphatic heterocycles. The van der Waals surface area contributed by atoms with Gasteiger partial charge in [-0.2, -0.15) is 0 Å². The molecule has 5 nitrogen and oxygen atoms in total. The molecule has 0 heterocycles. The number of halogens is 1. The second-order valence-electron chi connectivity index (χ2n) is 7.96. The summed E-state index contributed by atoms with van der Waals surface area (Å²) in [6, 6.07) is 22.3. The first-order valence-electron chi connectivity index (χ1n) is 10.4. The first-order chi connectivity index (χ1) is 15.3. The van der Waals surface area contributed by atoms with Gasteiger partial charge in [0.25, 0.3) is 10.0 Å². The third-order valence-corrected chi connectivity index (χ3v) is 6.77.